The molecule has 0 aromatic carbocycles. The zero-order valence-electron chi connectivity index (χ0n) is 13.0. The standard InChI is InChI=1S/C14H14F3N5O2/c1-7-4-11(14(15,16)17)22-13(19-7)21-9-5-12(20-8(2)23)18-6-10(9)24-3/h4-6H,1-3H3,(H2,18,19,20,21,22,23). The van der Waals surface area contributed by atoms with Crippen molar-refractivity contribution in [3.63, 3.8) is 0 Å². The van der Waals surface area contributed by atoms with E-state index in [-0.39, 0.29) is 34.8 Å². The molecule has 2 aromatic rings. The van der Waals surface area contributed by atoms with E-state index in [1.807, 2.05) is 0 Å². The number of alkyl halides is 3. The molecule has 2 rings (SSSR count). The fraction of sp³-hybridized carbons (Fsp3) is 0.286. The van der Waals surface area contributed by atoms with E-state index in [0.29, 0.717) is 0 Å². The van der Waals surface area contributed by atoms with Crippen LogP contribution in [0.15, 0.2) is 18.3 Å². The second kappa shape index (κ2) is 6.69. The van der Waals surface area contributed by atoms with Crippen LogP contribution >= 0.6 is 0 Å². The molecule has 0 aliphatic carbocycles. The summed E-state index contributed by atoms with van der Waals surface area (Å²) in [5, 5.41) is 5.11. The van der Waals surface area contributed by atoms with E-state index in [1.165, 1.54) is 33.2 Å². The van der Waals surface area contributed by atoms with Gasteiger partial charge in [-0.25, -0.2) is 15.0 Å². The monoisotopic (exact) mass is 341 g/mol. The molecule has 0 aliphatic rings. The number of carbonyl (C=O) groups excluding carboxylic acids is 1. The van der Waals surface area contributed by atoms with Gasteiger partial charge in [-0.1, -0.05) is 0 Å². The van der Waals surface area contributed by atoms with Crippen molar-refractivity contribution in [2.45, 2.75) is 20.0 Å². The van der Waals surface area contributed by atoms with Crippen LogP contribution in [0, 0.1) is 6.92 Å². The number of amides is 1. The Hall–Kier alpha value is -2.91. The van der Waals surface area contributed by atoms with Crippen LogP contribution in [0.1, 0.15) is 18.3 Å². The summed E-state index contributed by atoms with van der Waals surface area (Å²) in [6, 6.07) is 2.25. The average Bonchev–Trinajstić information content (AvgIpc) is 2.45. The summed E-state index contributed by atoms with van der Waals surface area (Å²) in [6.07, 6.45) is -3.28. The molecular weight excluding hydrogens is 327 g/mol. The van der Waals surface area contributed by atoms with Gasteiger partial charge in [-0.15, -0.1) is 0 Å². The number of carbonyl (C=O) groups is 1. The molecule has 128 valence electrons. The zero-order chi connectivity index (χ0) is 17.9. The van der Waals surface area contributed by atoms with Crippen LogP contribution in [0.3, 0.4) is 0 Å². The molecule has 0 bridgehead atoms. The molecule has 10 heteroatoms. The summed E-state index contributed by atoms with van der Waals surface area (Å²) in [7, 11) is 1.37. The Balaban J connectivity index is 2.39. The van der Waals surface area contributed by atoms with Gasteiger partial charge in [-0.05, 0) is 13.0 Å². The summed E-state index contributed by atoms with van der Waals surface area (Å²) in [4.78, 5) is 22.4. The van der Waals surface area contributed by atoms with Gasteiger partial charge in [-0.3, -0.25) is 4.79 Å². The predicted molar refractivity (Wildman–Crippen MR) is 80.1 cm³/mol. The Bertz CT molecular complexity index is 765. The molecular formula is C14H14F3N5O2. The maximum Gasteiger partial charge on any atom is 0.433 e. The molecule has 2 aromatic heterocycles. The third-order valence-corrected chi connectivity index (χ3v) is 2.78. The smallest absolute Gasteiger partial charge is 0.433 e. The number of pyridine rings is 1. The number of anilines is 3. The Morgan fingerprint density at radius 3 is 2.54 bits per heavy atom. The van der Waals surface area contributed by atoms with Crippen molar-refractivity contribution in [2.24, 2.45) is 0 Å². The number of aryl methyl sites for hydroxylation is 1. The third kappa shape index (κ3) is 4.31. The Morgan fingerprint density at radius 1 is 1.25 bits per heavy atom. The van der Waals surface area contributed by atoms with Crippen molar-refractivity contribution in [2.75, 3.05) is 17.7 Å². The van der Waals surface area contributed by atoms with E-state index in [2.05, 4.69) is 25.6 Å². The van der Waals surface area contributed by atoms with E-state index >= 15 is 0 Å². The van der Waals surface area contributed by atoms with E-state index in [0.717, 1.165) is 6.07 Å². The first kappa shape index (κ1) is 17.4. The molecule has 0 fully saturated rings. The maximum absolute atomic E-state index is 12.8. The molecule has 0 aliphatic heterocycles. The Morgan fingerprint density at radius 2 is 1.96 bits per heavy atom. The van der Waals surface area contributed by atoms with Gasteiger partial charge in [0.15, 0.2) is 5.75 Å². The number of ether oxygens (including phenoxy) is 1. The number of nitrogens with zero attached hydrogens (tertiary/aromatic N) is 3. The number of rotatable bonds is 4. The third-order valence-electron chi connectivity index (χ3n) is 2.78. The van der Waals surface area contributed by atoms with Gasteiger partial charge in [0.1, 0.15) is 11.5 Å². The molecule has 0 saturated carbocycles. The van der Waals surface area contributed by atoms with Gasteiger partial charge in [-0.2, -0.15) is 13.2 Å². The number of halogens is 3. The number of hydrogen-bond acceptors (Lipinski definition) is 6. The van der Waals surface area contributed by atoms with Crippen LogP contribution in [0.5, 0.6) is 5.75 Å². The highest BCUT2D eigenvalue weighted by Crippen LogP contribution is 2.31. The van der Waals surface area contributed by atoms with E-state index in [4.69, 9.17) is 4.74 Å². The predicted octanol–water partition coefficient (Wildman–Crippen LogP) is 2.91. The first-order valence-corrected chi connectivity index (χ1v) is 6.70. The number of hydrogen-bond donors (Lipinski definition) is 2. The van der Waals surface area contributed by atoms with Crippen molar-refractivity contribution in [3.8, 4) is 5.75 Å². The van der Waals surface area contributed by atoms with Crippen LogP contribution in [-0.2, 0) is 11.0 Å². The van der Waals surface area contributed by atoms with Gasteiger partial charge in [0.25, 0.3) is 0 Å². The summed E-state index contributed by atoms with van der Waals surface area (Å²) >= 11 is 0. The van der Waals surface area contributed by atoms with Crippen molar-refractivity contribution >= 4 is 23.4 Å². The minimum Gasteiger partial charge on any atom is -0.493 e. The number of methoxy groups -OCH3 is 1. The summed E-state index contributed by atoms with van der Waals surface area (Å²) < 4.78 is 43.6. The van der Waals surface area contributed by atoms with Crippen molar-refractivity contribution in [1.29, 1.82) is 0 Å². The normalized spacial score (nSPS) is 11.1. The van der Waals surface area contributed by atoms with Gasteiger partial charge >= 0.3 is 6.18 Å². The van der Waals surface area contributed by atoms with Gasteiger partial charge in [0, 0.05) is 18.7 Å². The SMILES string of the molecule is COc1cnc(NC(C)=O)cc1Nc1nc(C)cc(C(F)(F)F)n1. The highest BCUT2D eigenvalue weighted by molar-refractivity contribution is 5.88. The lowest BCUT2D eigenvalue weighted by molar-refractivity contribution is -0.141. The Labute approximate surface area is 135 Å². The highest BCUT2D eigenvalue weighted by Gasteiger charge is 2.33. The highest BCUT2D eigenvalue weighted by atomic mass is 19.4. The lowest BCUT2D eigenvalue weighted by Gasteiger charge is -2.13. The first-order chi connectivity index (χ1) is 11.2. The molecule has 0 spiro atoms. The molecule has 0 saturated heterocycles. The minimum atomic E-state index is -4.59. The summed E-state index contributed by atoms with van der Waals surface area (Å²) in [6.45, 7) is 2.73. The zero-order valence-corrected chi connectivity index (χ0v) is 13.0. The lowest BCUT2D eigenvalue weighted by Crippen LogP contribution is -2.12. The second-order valence-corrected chi connectivity index (χ2v) is 4.79. The molecule has 24 heavy (non-hydrogen) atoms. The van der Waals surface area contributed by atoms with Crippen molar-refractivity contribution < 1.29 is 22.7 Å². The largest absolute Gasteiger partial charge is 0.493 e. The number of aromatic nitrogens is 3. The molecule has 1 amide bonds. The van der Waals surface area contributed by atoms with Crippen LogP contribution < -0.4 is 15.4 Å². The van der Waals surface area contributed by atoms with E-state index < -0.39 is 11.9 Å². The first-order valence-electron chi connectivity index (χ1n) is 6.70. The van der Waals surface area contributed by atoms with Gasteiger partial charge in [0.05, 0.1) is 19.0 Å². The fourth-order valence-corrected chi connectivity index (χ4v) is 1.84. The van der Waals surface area contributed by atoms with Gasteiger partial charge < -0.3 is 15.4 Å². The fourth-order valence-electron chi connectivity index (χ4n) is 1.84. The van der Waals surface area contributed by atoms with E-state index in [1.54, 1.807) is 0 Å². The molecule has 0 unspecified atom stereocenters. The molecule has 7 nitrogen and oxygen atoms in total. The van der Waals surface area contributed by atoms with Crippen molar-refractivity contribution in [3.05, 3.63) is 29.7 Å². The maximum atomic E-state index is 12.8. The quantitative estimate of drug-likeness (QED) is 0.889. The van der Waals surface area contributed by atoms with Crippen LogP contribution in [0.25, 0.3) is 0 Å². The van der Waals surface area contributed by atoms with Crippen LogP contribution in [0.4, 0.5) is 30.6 Å². The van der Waals surface area contributed by atoms with Crippen LogP contribution in [-0.4, -0.2) is 28.0 Å². The average molecular weight is 341 g/mol. The molecule has 0 radical (unpaired) electrons. The second-order valence-electron chi connectivity index (χ2n) is 4.79. The van der Waals surface area contributed by atoms with Gasteiger partial charge in [0.2, 0.25) is 11.9 Å². The number of nitrogens with one attached hydrogen (secondary N) is 2. The summed E-state index contributed by atoms with van der Waals surface area (Å²) in [5.74, 6) is -0.136. The molecule has 2 N–H and O–H groups in total. The molecule has 2 heterocycles. The summed E-state index contributed by atoms with van der Waals surface area (Å²) in [5.41, 5.74) is -0.655. The Kier molecular flexibility index (Phi) is 4.86. The van der Waals surface area contributed by atoms with Crippen LogP contribution in [0.2, 0.25) is 0 Å². The topological polar surface area (TPSA) is 89.0 Å². The van der Waals surface area contributed by atoms with Crippen molar-refractivity contribution in [1.82, 2.24) is 15.0 Å². The lowest BCUT2D eigenvalue weighted by atomic mass is 10.3. The van der Waals surface area contributed by atoms with E-state index in [9.17, 15) is 18.0 Å². The molecule has 0 atom stereocenters. The minimum absolute atomic E-state index is 0.148.